The first-order valence-corrected chi connectivity index (χ1v) is 19.9. The van der Waals surface area contributed by atoms with Crippen molar-refractivity contribution in [2.24, 2.45) is 16.8 Å². The third-order valence-electron chi connectivity index (χ3n) is 12.3. The molecular formula is C51H45N3. The zero-order chi connectivity index (χ0) is 35.8. The highest BCUT2D eigenvalue weighted by atomic mass is 15.2. The number of nitrogens with zero attached hydrogens (tertiary/aromatic N) is 1. The van der Waals surface area contributed by atoms with E-state index in [0.29, 0.717) is 11.8 Å². The maximum absolute atomic E-state index is 4.89. The van der Waals surface area contributed by atoms with Crippen LogP contribution in [0.3, 0.4) is 0 Å². The van der Waals surface area contributed by atoms with E-state index in [1.54, 1.807) is 0 Å². The van der Waals surface area contributed by atoms with E-state index in [4.69, 9.17) is 4.99 Å². The quantitative estimate of drug-likeness (QED) is 0.210. The molecule has 0 radical (unpaired) electrons. The Labute approximate surface area is 319 Å². The minimum Gasteiger partial charge on any atom is -0.369 e. The number of benzene rings is 3. The van der Waals surface area contributed by atoms with Gasteiger partial charge in [0.05, 0.1) is 12.2 Å². The molecule has 4 aliphatic carbocycles. The first-order chi connectivity index (χ1) is 26.7. The summed E-state index contributed by atoms with van der Waals surface area (Å²) in [5.41, 5.74) is 13.6. The van der Waals surface area contributed by atoms with Crippen LogP contribution in [0.5, 0.6) is 0 Å². The molecule has 3 unspecified atom stereocenters. The summed E-state index contributed by atoms with van der Waals surface area (Å²) in [7, 11) is 0. The molecule has 10 rings (SSSR count). The van der Waals surface area contributed by atoms with E-state index in [-0.39, 0.29) is 12.2 Å². The van der Waals surface area contributed by atoms with E-state index in [0.717, 1.165) is 51.4 Å². The molecule has 4 aromatic rings. The van der Waals surface area contributed by atoms with Crippen LogP contribution in [0.15, 0.2) is 166 Å². The van der Waals surface area contributed by atoms with Gasteiger partial charge in [-0.25, -0.2) is 0 Å². The topological polar surface area (TPSA) is 36.4 Å². The average Bonchev–Trinajstić information content (AvgIpc) is 3.26. The molecule has 6 aliphatic rings. The van der Waals surface area contributed by atoms with E-state index in [1.807, 2.05) is 6.07 Å². The van der Waals surface area contributed by atoms with Crippen LogP contribution in [0, 0.1) is 24.0 Å². The number of aliphatic imine (C=N–C) groups is 1. The third-order valence-corrected chi connectivity index (χ3v) is 12.3. The van der Waals surface area contributed by atoms with Gasteiger partial charge in [0.1, 0.15) is 0 Å². The van der Waals surface area contributed by atoms with Crippen LogP contribution in [0.25, 0.3) is 33.5 Å². The predicted octanol–water partition coefficient (Wildman–Crippen LogP) is 9.82. The largest absolute Gasteiger partial charge is 0.369 e. The van der Waals surface area contributed by atoms with Crippen molar-refractivity contribution in [2.45, 2.75) is 63.6 Å². The maximum Gasteiger partial charge on any atom is 0.0999 e. The molecule has 3 heteroatoms. The Morgan fingerprint density at radius 3 is 2.61 bits per heavy atom. The van der Waals surface area contributed by atoms with E-state index in [2.05, 4.69) is 156 Å². The van der Waals surface area contributed by atoms with Crippen molar-refractivity contribution < 1.29 is 0 Å². The second-order valence-electron chi connectivity index (χ2n) is 15.5. The number of nitrogens with one attached hydrogen (secondary N) is 2. The SMILES string of the molecule is c1ccc2c(c#1)=CCCC=2C1=CC=C(C2NC(C3C=CC([C@@H]4C=NC5=C(C=CCC5)C4)=CC3)=CC(c3ccc(-c4cccc5ccccc45)cc3)N2)CC1. The maximum atomic E-state index is 4.89. The summed E-state index contributed by atoms with van der Waals surface area (Å²) < 4.78 is 0. The molecule has 2 heterocycles. The lowest BCUT2D eigenvalue weighted by Crippen LogP contribution is -2.49. The lowest BCUT2D eigenvalue weighted by molar-refractivity contribution is 0.416. The number of allylic oxidation sites excluding steroid dienone is 11. The second kappa shape index (κ2) is 14.3. The van der Waals surface area contributed by atoms with Crippen molar-refractivity contribution in [1.82, 2.24) is 10.6 Å². The molecule has 0 fully saturated rings. The molecule has 2 N–H and O–H groups in total. The summed E-state index contributed by atoms with van der Waals surface area (Å²) in [6, 6.07) is 35.3. The van der Waals surface area contributed by atoms with E-state index >= 15 is 0 Å². The molecule has 0 spiro atoms. The minimum atomic E-state index is 0.0538. The van der Waals surface area contributed by atoms with Crippen molar-refractivity contribution in [3.8, 4) is 11.1 Å². The molecule has 0 saturated carbocycles. The molecule has 54 heavy (non-hydrogen) atoms. The Morgan fingerprint density at radius 2 is 1.72 bits per heavy atom. The standard InChI is InChI=1S/C51H45N3/c1-4-14-44-35(9-1)12-7-16-46(44)37-21-27-40(28-22-37)50-32-49(39-25-19-34(20-26-39)43-31-42-11-3-6-18-48(42)52-33-43)53-51(54-50)41-29-23-38(24-30-41)47-17-8-13-36-10-2-5-15-45(36)47/h1,3-5,7,9,11-16,19-23,25,27-29,32-33,39,43,50-51,53-54H,6,8,17-18,24,26,30-31H2/t39?,43-,50?,51?/m0/s1. The van der Waals surface area contributed by atoms with Gasteiger partial charge in [-0.3, -0.25) is 10.3 Å². The van der Waals surface area contributed by atoms with Crippen molar-refractivity contribution >= 4 is 28.6 Å². The molecule has 4 aromatic carbocycles. The van der Waals surface area contributed by atoms with Crippen molar-refractivity contribution in [2.75, 3.05) is 0 Å². The monoisotopic (exact) mass is 699 g/mol. The lowest BCUT2D eigenvalue weighted by Gasteiger charge is -2.37. The van der Waals surface area contributed by atoms with Crippen LogP contribution in [0.1, 0.15) is 63.0 Å². The molecule has 2 aliphatic heterocycles. The summed E-state index contributed by atoms with van der Waals surface area (Å²) in [6.07, 6.45) is 32.1. The minimum absolute atomic E-state index is 0.0538. The van der Waals surface area contributed by atoms with Gasteiger partial charge in [-0.05, 0) is 130 Å². The fourth-order valence-electron chi connectivity index (χ4n) is 9.29. The van der Waals surface area contributed by atoms with Crippen LogP contribution in [-0.2, 0) is 0 Å². The van der Waals surface area contributed by atoms with E-state index in [1.165, 1.54) is 77.2 Å². The number of fused-ring (bicyclic) bond motifs is 2. The highest BCUT2D eigenvalue weighted by Gasteiger charge is 2.30. The van der Waals surface area contributed by atoms with E-state index in [9.17, 15) is 0 Å². The second-order valence-corrected chi connectivity index (χ2v) is 15.5. The number of hydrogen-bond acceptors (Lipinski definition) is 3. The molecule has 0 bridgehead atoms. The molecule has 0 saturated heterocycles. The normalized spacial score (nSPS) is 24.6. The number of hydrogen-bond donors (Lipinski definition) is 2. The summed E-state index contributed by atoms with van der Waals surface area (Å²) in [5.74, 6) is 0.658. The molecule has 3 nitrogen and oxygen atoms in total. The zero-order valence-corrected chi connectivity index (χ0v) is 30.7. The Morgan fingerprint density at radius 1 is 0.796 bits per heavy atom. The van der Waals surface area contributed by atoms with Crippen molar-refractivity contribution in [3.05, 3.63) is 189 Å². The summed E-state index contributed by atoms with van der Waals surface area (Å²) in [4.78, 5) is 4.89. The van der Waals surface area contributed by atoms with Gasteiger partial charge in [-0.15, -0.1) is 0 Å². The molecule has 264 valence electrons. The van der Waals surface area contributed by atoms with Gasteiger partial charge in [-0.1, -0.05) is 127 Å². The van der Waals surface area contributed by atoms with E-state index < -0.39 is 0 Å². The summed E-state index contributed by atoms with van der Waals surface area (Å²) >= 11 is 0. The smallest absolute Gasteiger partial charge is 0.0999 e. The zero-order valence-electron chi connectivity index (χ0n) is 30.7. The Kier molecular flexibility index (Phi) is 8.70. The van der Waals surface area contributed by atoms with Crippen molar-refractivity contribution in [1.29, 1.82) is 0 Å². The Balaban J connectivity index is 0.939. The summed E-state index contributed by atoms with van der Waals surface area (Å²) in [5, 5.41) is 13.1. The van der Waals surface area contributed by atoms with Crippen LogP contribution in [-0.4, -0.2) is 12.4 Å². The molecule has 0 aromatic heterocycles. The molecular weight excluding hydrogens is 655 g/mol. The fraction of sp³-hybridized carbons (Fsp3) is 0.235. The van der Waals surface area contributed by atoms with Gasteiger partial charge < -0.3 is 5.32 Å². The van der Waals surface area contributed by atoms with Gasteiger partial charge in [0.2, 0.25) is 0 Å². The Bertz CT molecular complexity index is 2510. The number of rotatable bonds is 6. The Hall–Kier alpha value is -5.69. The highest BCUT2D eigenvalue weighted by Crippen LogP contribution is 2.37. The van der Waals surface area contributed by atoms with Crippen LogP contribution < -0.4 is 21.1 Å². The first kappa shape index (κ1) is 32.9. The lowest BCUT2D eigenvalue weighted by atomic mass is 9.82. The highest BCUT2D eigenvalue weighted by molar-refractivity contribution is 5.96. The van der Waals surface area contributed by atoms with Gasteiger partial charge in [0, 0.05) is 34.7 Å². The van der Waals surface area contributed by atoms with Gasteiger partial charge in [0.15, 0.2) is 0 Å². The summed E-state index contributed by atoms with van der Waals surface area (Å²) in [6.45, 7) is 0. The first-order valence-electron chi connectivity index (χ1n) is 19.9. The molecule has 0 amide bonds. The predicted molar refractivity (Wildman–Crippen MR) is 223 cm³/mol. The third kappa shape index (κ3) is 6.36. The van der Waals surface area contributed by atoms with Gasteiger partial charge >= 0.3 is 0 Å². The van der Waals surface area contributed by atoms with Gasteiger partial charge in [0.25, 0.3) is 0 Å². The van der Waals surface area contributed by atoms with Crippen LogP contribution in [0.4, 0.5) is 0 Å². The fourth-order valence-corrected chi connectivity index (χ4v) is 9.29. The van der Waals surface area contributed by atoms with Gasteiger partial charge in [-0.2, -0.15) is 0 Å². The van der Waals surface area contributed by atoms with Crippen LogP contribution in [0.2, 0.25) is 0 Å². The molecule has 4 atom stereocenters. The van der Waals surface area contributed by atoms with Crippen LogP contribution >= 0.6 is 0 Å². The van der Waals surface area contributed by atoms with Crippen molar-refractivity contribution in [3.63, 3.8) is 0 Å². The average molecular weight is 700 g/mol.